The molecule has 0 aliphatic rings. The molecule has 1 rings (SSSR count). The minimum Gasteiger partial charge on any atom is -0.427 e. The minimum atomic E-state index is -0.376. The van der Waals surface area contributed by atoms with E-state index < -0.39 is 0 Å². The van der Waals surface area contributed by atoms with Crippen molar-refractivity contribution in [2.45, 2.75) is 26.8 Å². The molecule has 0 aliphatic heterocycles. The van der Waals surface area contributed by atoms with Crippen LogP contribution in [0.3, 0.4) is 0 Å². The minimum absolute atomic E-state index is 0.0978. The summed E-state index contributed by atoms with van der Waals surface area (Å²) in [5, 5.41) is 2.77. The van der Waals surface area contributed by atoms with Crippen LogP contribution < -0.4 is 10.1 Å². The number of amides is 1. The second-order valence-corrected chi connectivity index (χ2v) is 3.75. The van der Waals surface area contributed by atoms with Gasteiger partial charge in [0.1, 0.15) is 5.75 Å². The van der Waals surface area contributed by atoms with Crippen molar-refractivity contribution < 1.29 is 14.3 Å². The third kappa shape index (κ3) is 3.73. The van der Waals surface area contributed by atoms with Crippen molar-refractivity contribution in [2.24, 2.45) is 0 Å². The van der Waals surface area contributed by atoms with Gasteiger partial charge < -0.3 is 10.1 Å². The normalized spacial score (nSPS) is 10.0. The van der Waals surface area contributed by atoms with Gasteiger partial charge in [0, 0.05) is 18.5 Å². The van der Waals surface area contributed by atoms with E-state index in [9.17, 15) is 9.59 Å². The van der Waals surface area contributed by atoms with Gasteiger partial charge in [-0.25, -0.2) is 0 Å². The molecule has 0 heterocycles. The average Bonchev–Trinajstić information content (AvgIpc) is 2.16. The maximum Gasteiger partial charge on any atom is 0.308 e. The van der Waals surface area contributed by atoms with Crippen molar-refractivity contribution in [3.63, 3.8) is 0 Å². The maximum absolute atomic E-state index is 11.6. The van der Waals surface area contributed by atoms with Gasteiger partial charge in [-0.3, -0.25) is 9.59 Å². The Morgan fingerprint density at radius 2 is 1.75 bits per heavy atom. The molecule has 86 valence electrons. The smallest absolute Gasteiger partial charge is 0.308 e. The second-order valence-electron chi connectivity index (χ2n) is 3.75. The first-order valence-corrected chi connectivity index (χ1v) is 5.08. The largest absolute Gasteiger partial charge is 0.427 e. The number of nitrogens with one attached hydrogen (secondary N) is 1. The van der Waals surface area contributed by atoms with Crippen molar-refractivity contribution >= 4 is 11.9 Å². The first-order chi connectivity index (χ1) is 7.49. The maximum atomic E-state index is 11.6. The highest BCUT2D eigenvalue weighted by Crippen LogP contribution is 2.12. The van der Waals surface area contributed by atoms with Crippen molar-refractivity contribution in [2.75, 3.05) is 0 Å². The molecule has 0 fully saturated rings. The molecule has 1 aromatic rings. The Morgan fingerprint density at radius 3 is 2.19 bits per heavy atom. The molecule has 0 aliphatic carbocycles. The lowest BCUT2D eigenvalue weighted by Crippen LogP contribution is -2.29. The summed E-state index contributed by atoms with van der Waals surface area (Å²) in [6.45, 7) is 5.12. The van der Waals surface area contributed by atoms with Crippen LogP contribution in [-0.2, 0) is 4.79 Å². The van der Waals surface area contributed by atoms with Crippen LogP contribution in [0, 0.1) is 0 Å². The van der Waals surface area contributed by atoms with Gasteiger partial charge in [0.25, 0.3) is 5.91 Å². The zero-order chi connectivity index (χ0) is 12.1. The summed E-state index contributed by atoms with van der Waals surface area (Å²) in [6, 6.07) is 6.53. The fourth-order valence-electron chi connectivity index (χ4n) is 1.19. The van der Waals surface area contributed by atoms with E-state index in [0.717, 1.165) is 0 Å². The van der Waals surface area contributed by atoms with Gasteiger partial charge in [-0.15, -0.1) is 0 Å². The third-order valence-corrected chi connectivity index (χ3v) is 1.80. The molecule has 16 heavy (non-hydrogen) atoms. The van der Waals surface area contributed by atoms with Crippen LogP contribution in [0.1, 0.15) is 31.1 Å². The van der Waals surface area contributed by atoms with E-state index in [-0.39, 0.29) is 17.9 Å². The predicted molar refractivity (Wildman–Crippen MR) is 60.4 cm³/mol. The summed E-state index contributed by atoms with van der Waals surface area (Å²) in [5.41, 5.74) is 0.546. The van der Waals surface area contributed by atoms with Gasteiger partial charge in [-0.1, -0.05) is 0 Å². The zero-order valence-corrected chi connectivity index (χ0v) is 9.61. The molecule has 0 unspecified atom stereocenters. The van der Waals surface area contributed by atoms with Crippen LogP contribution in [0.5, 0.6) is 5.75 Å². The molecule has 0 bridgehead atoms. The lowest BCUT2D eigenvalue weighted by Gasteiger charge is -2.08. The fraction of sp³-hybridized carbons (Fsp3) is 0.333. The monoisotopic (exact) mass is 221 g/mol. The lowest BCUT2D eigenvalue weighted by molar-refractivity contribution is -0.131. The van der Waals surface area contributed by atoms with Gasteiger partial charge in [0.05, 0.1) is 0 Å². The Kier molecular flexibility index (Phi) is 4.05. The van der Waals surface area contributed by atoms with E-state index in [1.165, 1.54) is 6.92 Å². The number of hydrogen-bond acceptors (Lipinski definition) is 3. The van der Waals surface area contributed by atoms with Crippen LogP contribution >= 0.6 is 0 Å². The topological polar surface area (TPSA) is 55.4 Å². The molecule has 0 saturated carbocycles. The van der Waals surface area contributed by atoms with Gasteiger partial charge in [-0.2, -0.15) is 0 Å². The van der Waals surface area contributed by atoms with Gasteiger partial charge in [-0.05, 0) is 38.1 Å². The van der Waals surface area contributed by atoms with E-state index in [1.807, 2.05) is 13.8 Å². The standard InChI is InChI=1S/C12H15NO3/c1-8(2)13-12(15)10-4-6-11(7-5-10)16-9(3)14/h4-8H,1-3H3,(H,13,15). The molecule has 1 N–H and O–H groups in total. The number of ether oxygens (including phenoxy) is 1. The molecule has 0 atom stereocenters. The highest BCUT2D eigenvalue weighted by atomic mass is 16.5. The van der Waals surface area contributed by atoms with Crippen LogP contribution in [-0.4, -0.2) is 17.9 Å². The molecule has 0 aromatic heterocycles. The van der Waals surface area contributed by atoms with Gasteiger partial charge in [0.2, 0.25) is 0 Å². The van der Waals surface area contributed by atoms with Gasteiger partial charge in [0.15, 0.2) is 0 Å². The van der Waals surface area contributed by atoms with E-state index in [2.05, 4.69) is 5.32 Å². The molecule has 0 radical (unpaired) electrons. The molecule has 1 amide bonds. The van der Waals surface area contributed by atoms with Crippen molar-refractivity contribution in [1.29, 1.82) is 0 Å². The number of hydrogen-bond donors (Lipinski definition) is 1. The molecule has 4 nitrogen and oxygen atoms in total. The van der Waals surface area contributed by atoms with Gasteiger partial charge >= 0.3 is 5.97 Å². The quantitative estimate of drug-likeness (QED) is 0.625. The Hall–Kier alpha value is -1.84. The Labute approximate surface area is 94.6 Å². The van der Waals surface area contributed by atoms with E-state index in [4.69, 9.17) is 4.74 Å². The number of carbonyl (C=O) groups excluding carboxylic acids is 2. The van der Waals surface area contributed by atoms with Crippen LogP contribution in [0.2, 0.25) is 0 Å². The number of esters is 1. The summed E-state index contributed by atoms with van der Waals surface area (Å²) in [7, 11) is 0. The molecular weight excluding hydrogens is 206 g/mol. The molecule has 0 saturated heterocycles. The van der Waals surface area contributed by atoms with Crippen molar-refractivity contribution in [1.82, 2.24) is 5.32 Å². The van der Waals surface area contributed by atoms with E-state index in [1.54, 1.807) is 24.3 Å². The number of rotatable bonds is 3. The molecular formula is C12H15NO3. The molecule has 1 aromatic carbocycles. The van der Waals surface area contributed by atoms with E-state index in [0.29, 0.717) is 11.3 Å². The summed E-state index contributed by atoms with van der Waals surface area (Å²) >= 11 is 0. The van der Waals surface area contributed by atoms with Crippen LogP contribution in [0.25, 0.3) is 0 Å². The van der Waals surface area contributed by atoms with Crippen LogP contribution in [0.15, 0.2) is 24.3 Å². The van der Waals surface area contributed by atoms with Crippen molar-refractivity contribution in [3.8, 4) is 5.75 Å². The predicted octanol–water partition coefficient (Wildman–Crippen LogP) is 1.75. The Morgan fingerprint density at radius 1 is 1.19 bits per heavy atom. The molecule has 4 heteroatoms. The van der Waals surface area contributed by atoms with Crippen LogP contribution in [0.4, 0.5) is 0 Å². The third-order valence-electron chi connectivity index (χ3n) is 1.80. The first-order valence-electron chi connectivity index (χ1n) is 5.08. The zero-order valence-electron chi connectivity index (χ0n) is 9.61. The lowest BCUT2D eigenvalue weighted by atomic mass is 10.2. The highest BCUT2D eigenvalue weighted by Gasteiger charge is 2.06. The Bertz CT molecular complexity index is 382. The SMILES string of the molecule is CC(=O)Oc1ccc(C(=O)NC(C)C)cc1. The van der Waals surface area contributed by atoms with Crippen molar-refractivity contribution in [3.05, 3.63) is 29.8 Å². The molecule has 0 spiro atoms. The number of benzene rings is 1. The summed E-state index contributed by atoms with van der Waals surface area (Å²) in [5.74, 6) is -0.0719. The first kappa shape index (κ1) is 12.2. The second kappa shape index (κ2) is 5.30. The Balaban J connectivity index is 2.71. The average molecular weight is 221 g/mol. The summed E-state index contributed by atoms with van der Waals surface area (Å²) < 4.78 is 4.86. The summed E-state index contributed by atoms with van der Waals surface area (Å²) in [6.07, 6.45) is 0. The summed E-state index contributed by atoms with van der Waals surface area (Å²) in [4.78, 5) is 22.2. The number of carbonyl (C=O) groups is 2. The van der Waals surface area contributed by atoms with E-state index >= 15 is 0 Å². The highest BCUT2D eigenvalue weighted by molar-refractivity contribution is 5.94. The fourth-order valence-corrected chi connectivity index (χ4v) is 1.19.